The minimum atomic E-state index is -0.765. The zero-order chi connectivity index (χ0) is 80.3. The molecule has 0 aromatic heterocycles. The van der Waals surface area contributed by atoms with Crippen LogP contribution in [0.1, 0.15) is 178 Å². The highest BCUT2D eigenvalue weighted by atomic mass is 79.9. The lowest BCUT2D eigenvalue weighted by Gasteiger charge is -2.32. The minimum Gasteiger partial charge on any atom is -0.444 e. The van der Waals surface area contributed by atoms with Crippen molar-refractivity contribution in [1.29, 1.82) is 16.2 Å². The number of halogens is 3. The Balaban J connectivity index is 0.000000194. The summed E-state index contributed by atoms with van der Waals surface area (Å²) in [5.41, 5.74) is 30.0. The Morgan fingerprint density at radius 2 is 0.761 bits per heavy atom. The third kappa shape index (κ3) is 28.2. The number of aliphatic imine (C=N–C) groups is 1. The number of guanidine groups is 4. The number of amides is 3. The van der Waals surface area contributed by atoms with Crippen molar-refractivity contribution in [2.75, 3.05) is 32.7 Å². The van der Waals surface area contributed by atoms with Gasteiger partial charge in [0.25, 0.3) is 0 Å². The third-order valence-electron chi connectivity index (χ3n) is 18.1. The van der Waals surface area contributed by atoms with Crippen molar-refractivity contribution in [3.8, 4) is 22.3 Å². The second kappa shape index (κ2) is 38.7. The molecule has 7 aromatic rings. The summed E-state index contributed by atoms with van der Waals surface area (Å²) in [6.45, 7) is 42.3. The van der Waals surface area contributed by atoms with E-state index < -0.39 is 35.1 Å². The Morgan fingerprint density at radius 1 is 0.440 bits per heavy atom. The van der Waals surface area contributed by atoms with Gasteiger partial charge in [-0.25, -0.2) is 14.4 Å². The predicted octanol–water partition coefficient (Wildman–Crippen LogP) is 19.0. The summed E-state index contributed by atoms with van der Waals surface area (Å²) >= 11 is 10.4. The lowest BCUT2D eigenvalue weighted by atomic mass is 9.86. The van der Waals surface area contributed by atoms with Crippen LogP contribution in [0.2, 0.25) is 0 Å². The average Bonchev–Trinajstić information content (AvgIpc) is 0.812. The van der Waals surface area contributed by atoms with E-state index in [-0.39, 0.29) is 34.7 Å². The molecular formula is C87H114Br3N13O6. The monoisotopic (exact) mass is 1670 g/mol. The van der Waals surface area contributed by atoms with E-state index in [4.69, 9.17) is 41.9 Å². The molecule has 12 rings (SSSR count). The Morgan fingerprint density at radius 3 is 1.15 bits per heavy atom. The van der Waals surface area contributed by atoms with Gasteiger partial charge in [-0.15, -0.1) is 11.6 Å². The smallest absolute Gasteiger partial charge is 0.437 e. The van der Waals surface area contributed by atoms with Crippen molar-refractivity contribution in [1.82, 2.24) is 35.6 Å². The topological polar surface area (TPSA) is 264 Å². The van der Waals surface area contributed by atoms with Crippen LogP contribution in [-0.4, -0.2) is 111 Å². The van der Waals surface area contributed by atoms with Gasteiger partial charge in [-0.1, -0.05) is 186 Å². The maximum absolute atomic E-state index is 12.3. The van der Waals surface area contributed by atoms with Gasteiger partial charge in [-0.05, 0) is 256 Å². The summed E-state index contributed by atoms with van der Waals surface area (Å²) in [5, 5.41) is 31.8. The molecule has 0 saturated carbocycles. The molecule has 10 N–H and O–H groups in total. The predicted molar refractivity (Wildman–Crippen MR) is 455 cm³/mol. The third-order valence-corrected chi connectivity index (χ3v) is 19.6. The second-order valence-corrected chi connectivity index (χ2v) is 35.4. The molecule has 22 heteroatoms. The SMILES string of the molecule is Brc1ccc2c(c1)CNCC2.C=CC.CC(C)(C)OC(=O)N=C(NC(=O)OC(C)(C)C)N1CCc2ccc(Br)cc2C1.CC(C)(C)OC(=O)NC(=N)N1CCc2ccc(-c3ccc(C(C)(C)C)cc3)cc2C1.CC(C)(C)c1ccc(-c2ccc3c(c2)CN(C(=N)N)CC3)cc1.N=C(N)N1CCc2ccc(Br)cc2C1. The van der Waals surface area contributed by atoms with E-state index in [1.807, 2.05) is 59.4 Å². The summed E-state index contributed by atoms with van der Waals surface area (Å²) in [7, 11) is 0. The largest absolute Gasteiger partial charge is 0.444 e. The molecule has 5 heterocycles. The van der Waals surface area contributed by atoms with Crippen molar-refractivity contribution in [3.05, 3.63) is 232 Å². The molecule has 3 amide bonds. The number of nitrogens with one attached hydrogen (secondary N) is 6. The molecule has 109 heavy (non-hydrogen) atoms. The van der Waals surface area contributed by atoms with Crippen molar-refractivity contribution in [2.24, 2.45) is 16.5 Å². The van der Waals surface area contributed by atoms with Crippen molar-refractivity contribution in [3.63, 3.8) is 0 Å². The standard InChI is InChI=1S/C25H33N3O2.C20H28BrN3O4.C20H25N3.C10H12BrN3.C9H10BrN.C3H6/c1-24(2,3)21-11-9-17(10-12-21)19-8-7-18-13-14-28(16-20(18)15-19)22(26)27-23(29)30-25(4,5)6;1-19(2,3)27-17(25)22-16(23-18(26)28-20(4,5)6)24-10-9-13-7-8-15(21)11-14(13)12-24;1-20(2,3)18-8-6-14(7-9-18)16-5-4-15-10-11-23(19(21)22)13-17(15)12-16;11-9-2-1-7-3-4-14(10(12)13)6-8(7)5-9;10-9-2-1-7-3-4-11-6-8(7)5-9;1-3-2/h7-12,15H,13-14,16H2,1-6H3,(H2,26,27,29);7-8,11H,9-10,12H2,1-6H3,(H,22,23,25,26);4-9,12H,10-11,13H2,1-3H3,(H3,21,22);1-2,5H,3-4,6H2,(H3,12,13);1-2,5,11H,3-4,6H2;3H,1H2,2H3. The first-order valence-corrected chi connectivity index (χ1v) is 39.5. The van der Waals surface area contributed by atoms with Gasteiger partial charge in [0.2, 0.25) is 11.9 Å². The van der Waals surface area contributed by atoms with Crippen molar-refractivity contribution in [2.45, 2.75) is 203 Å². The van der Waals surface area contributed by atoms with Crippen LogP contribution in [0.15, 0.2) is 171 Å². The zero-order valence-corrected chi connectivity index (χ0v) is 71.4. The number of rotatable bonds is 2. The van der Waals surface area contributed by atoms with Gasteiger partial charge < -0.3 is 50.6 Å². The number of carbonyl (C=O) groups excluding carboxylic acids is 3. The highest BCUT2D eigenvalue weighted by Gasteiger charge is 2.29. The number of hydrogen-bond acceptors (Lipinski definition) is 10. The summed E-state index contributed by atoms with van der Waals surface area (Å²) in [4.78, 5) is 48.0. The Labute approximate surface area is 672 Å². The molecule has 0 saturated heterocycles. The van der Waals surface area contributed by atoms with E-state index >= 15 is 0 Å². The van der Waals surface area contributed by atoms with Crippen LogP contribution < -0.4 is 27.4 Å². The van der Waals surface area contributed by atoms with Crippen molar-refractivity contribution >= 4 is 89.9 Å². The molecule has 0 unspecified atom stereocenters. The van der Waals surface area contributed by atoms with Crippen molar-refractivity contribution < 1.29 is 28.6 Å². The number of nitrogens with two attached hydrogens (primary N) is 2. The van der Waals surface area contributed by atoms with E-state index in [9.17, 15) is 14.4 Å². The zero-order valence-electron chi connectivity index (χ0n) is 66.6. The molecule has 0 atom stereocenters. The number of ether oxygens (including phenoxy) is 3. The first-order chi connectivity index (χ1) is 51.0. The molecule has 0 bridgehead atoms. The van der Waals surface area contributed by atoms with Crippen LogP contribution in [-0.2, 0) is 89.9 Å². The van der Waals surface area contributed by atoms with E-state index in [1.165, 1.54) is 94.3 Å². The van der Waals surface area contributed by atoms with Crippen LogP contribution in [0, 0.1) is 16.2 Å². The number of alkyl carbamates (subject to hydrolysis) is 2. The maximum Gasteiger partial charge on any atom is 0.437 e. The molecule has 5 aliphatic heterocycles. The first-order valence-electron chi connectivity index (χ1n) is 37.2. The number of nitrogens with zero attached hydrogens (tertiary/aromatic N) is 5. The molecular weight excluding hydrogens is 1560 g/mol. The fraction of sp³-hybridized carbons (Fsp3) is 0.414. The van der Waals surface area contributed by atoms with Gasteiger partial charge in [0.05, 0.1) is 0 Å². The molecule has 0 aliphatic carbocycles. The quantitative estimate of drug-likeness (QED) is 0.0347. The fourth-order valence-electron chi connectivity index (χ4n) is 12.5. The van der Waals surface area contributed by atoms with Gasteiger partial charge in [-0.3, -0.25) is 26.9 Å². The molecule has 0 spiro atoms. The van der Waals surface area contributed by atoms with Gasteiger partial charge in [-0.2, -0.15) is 0 Å². The summed E-state index contributed by atoms with van der Waals surface area (Å²) in [5.74, 6) is 0.523. The van der Waals surface area contributed by atoms with Gasteiger partial charge in [0, 0.05) is 72.3 Å². The van der Waals surface area contributed by atoms with E-state index in [1.54, 1.807) is 47.6 Å². The molecule has 584 valence electrons. The minimum absolute atomic E-state index is 0.0785. The molecule has 5 aliphatic rings. The summed E-state index contributed by atoms with van der Waals surface area (Å²) in [6.07, 6.45) is 4.44. The highest BCUT2D eigenvalue weighted by molar-refractivity contribution is 9.11. The van der Waals surface area contributed by atoms with E-state index in [0.717, 1.165) is 79.5 Å². The number of hydrogen-bond donors (Lipinski definition) is 8. The number of benzene rings is 7. The summed E-state index contributed by atoms with van der Waals surface area (Å²) < 4.78 is 19.1. The Hall–Kier alpha value is -8.83. The highest BCUT2D eigenvalue weighted by Crippen LogP contribution is 2.33. The van der Waals surface area contributed by atoms with Crippen LogP contribution in [0.5, 0.6) is 0 Å². The fourth-order valence-corrected chi connectivity index (χ4v) is 13.7. The molecule has 7 aromatic carbocycles. The lowest BCUT2D eigenvalue weighted by molar-refractivity contribution is 0.0539. The van der Waals surface area contributed by atoms with Crippen LogP contribution >= 0.6 is 47.8 Å². The van der Waals surface area contributed by atoms with E-state index in [2.05, 4.69) is 244 Å². The molecule has 0 fully saturated rings. The van der Waals surface area contributed by atoms with Crippen LogP contribution in [0.3, 0.4) is 0 Å². The molecule has 19 nitrogen and oxygen atoms in total. The van der Waals surface area contributed by atoms with Crippen LogP contribution in [0.25, 0.3) is 22.3 Å². The number of fused-ring (bicyclic) bond motifs is 5. The lowest BCUT2D eigenvalue weighted by Crippen LogP contribution is -2.48. The van der Waals surface area contributed by atoms with Crippen LogP contribution in [0.4, 0.5) is 14.4 Å². The normalized spacial score (nSPS) is 14.5. The second-order valence-electron chi connectivity index (χ2n) is 32.7. The number of allylic oxidation sites excluding steroid dienone is 1. The average molecular weight is 1680 g/mol. The maximum atomic E-state index is 12.3. The number of carbonyl (C=O) groups is 3. The van der Waals surface area contributed by atoms with Gasteiger partial charge in [0.15, 0.2) is 11.9 Å². The van der Waals surface area contributed by atoms with Gasteiger partial charge in [0.1, 0.15) is 16.8 Å². The Kier molecular flexibility index (Phi) is 31.0. The first kappa shape index (κ1) is 87.4. The van der Waals surface area contributed by atoms with Gasteiger partial charge >= 0.3 is 18.3 Å². The molecule has 0 radical (unpaired) electrons. The Bertz CT molecular complexity index is 4370. The summed E-state index contributed by atoms with van der Waals surface area (Å²) in [6, 6.07) is 49.7. The van der Waals surface area contributed by atoms with E-state index in [0.29, 0.717) is 26.2 Å².